The number of fused-ring (bicyclic) bond motifs is 1. The van der Waals surface area contributed by atoms with Crippen LogP contribution in [-0.4, -0.2) is 72.1 Å². The number of anilines is 1. The van der Waals surface area contributed by atoms with Crippen molar-refractivity contribution < 1.29 is 24.1 Å². The lowest BCUT2D eigenvalue weighted by Crippen LogP contribution is -2.52. The summed E-state index contributed by atoms with van der Waals surface area (Å²) < 4.78 is 20.0. The highest BCUT2D eigenvalue weighted by Gasteiger charge is 2.43. The molecule has 41 heavy (non-hydrogen) atoms. The molecule has 3 heterocycles. The molecule has 2 aromatic heterocycles. The maximum Gasteiger partial charge on any atom is 0.306 e. The number of hydrogen-bond acceptors (Lipinski definition) is 10. The van der Waals surface area contributed by atoms with Crippen molar-refractivity contribution in [2.45, 2.75) is 103 Å². The van der Waals surface area contributed by atoms with Crippen LogP contribution in [0.15, 0.2) is 43.0 Å². The van der Waals surface area contributed by atoms with Gasteiger partial charge in [-0.05, 0) is 58.4 Å². The minimum Gasteiger partial charge on any atom is -0.461 e. The molecule has 222 valence electrons. The van der Waals surface area contributed by atoms with Gasteiger partial charge in [0, 0.05) is 31.5 Å². The van der Waals surface area contributed by atoms with E-state index < -0.39 is 5.79 Å². The zero-order valence-corrected chi connectivity index (χ0v) is 24.3. The Morgan fingerprint density at radius 1 is 1.20 bits per heavy atom. The first kappa shape index (κ1) is 29.4. The average Bonchev–Trinajstić information content (AvgIpc) is 3.50. The number of carbonyl (C=O) groups excluding carboxylic acids is 1. The molecule has 1 saturated heterocycles. The third kappa shape index (κ3) is 7.21. The number of imidazole rings is 1. The predicted octanol–water partition coefficient (Wildman–Crippen LogP) is 3.82. The molecule has 3 N–H and O–H groups in total. The number of ether oxygens (including phenoxy) is 3. The molecule has 1 aromatic carbocycles. The average molecular weight is 567 g/mol. The third-order valence-corrected chi connectivity index (χ3v) is 8.05. The van der Waals surface area contributed by atoms with Crippen LogP contribution in [0.3, 0.4) is 0 Å². The number of esters is 1. The van der Waals surface area contributed by atoms with Gasteiger partial charge < -0.3 is 25.1 Å². The molecule has 0 amide bonds. The molecule has 3 atom stereocenters. The summed E-state index contributed by atoms with van der Waals surface area (Å²) >= 11 is 0. The molecule has 5 rings (SSSR count). The quantitative estimate of drug-likeness (QED) is 0.246. The zero-order valence-electron chi connectivity index (χ0n) is 24.3. The fourth-order valence-electron chi connectivity index (χ4n) is 5.94. The highest BCUT2D eigenvalue weighted by atomic mass is 16.6. The highest BCUT2D eigenvalue weighted by molar-refractivity contribution is 5.81. The van der Waals surface area contributed by atoms with Crippen molar-refractivity contribution >= 4 is 23.0 Å². The summed E-state index contributed by atoms with van der Waals surface area (Å²) in [7, 11) is 0. The molecular weight excluding hydrogens is 524 g/mol. The lowest BCUT2D eigenvalue weighted by molar-refractivity contribution is -0.216. The molecule has 3 aromatic rings. The first-order chi connectivity index (χ1) is 19.6. The lowest BCUT2D eigenvalue weighted by atomic mass is 9.76. The molecular formula is C30H42N6O5. The number of aromatic nitrogens is 4. The zero-order chi connectivity index (χ0) is 29.1. The number of nitrogens with zero attached hydrogens (tertiary/aromatic N) is 5. The molecule has 1 aliphatic carbocycles. The summed E-state index contributed by atoms with van der Waals surface area (Å²) in [6.45, 7) is 8.64. The van der Waals surface area contributed by atoms with Crippen LogP contribution in [0.2, 0.25) is 0 Å². The number of aliphatic hydroxyl groups is 1. The van der Waals surface area contributed by atoms with Crippen LogP contribution in [0, 0.1) is 5.92 Å². The first-order valence-electron chi connectivity index (χ1n) is 14.5. The van der Waals surface area contributed by atoms with Crippen LogP contribution in [0.25, 0.3) is 11.2 Å². The first-order valence-corrected chi connectivity index (χ1v) is 14.5. The van der Waals surface area contributed by atoms with E-state index in [1.54, 1.807) is 20.2 Å². The normalized spacial score (nSPS) is 24.7. The molecule has 2 fully saturated rings. The van der Waals surface area contributed by atoms with E-state index in [0.29, 0.717) is 61.0 Å². The Balaban J connectivity index is 1.17. The Morgan fingerprint density at radius 3 is 2.66 bits per heavy atom. The second-order valence-corrected chi connectivity index (χ2v) is 12.0. The number of nitrogens with two attached hydrogens (primary N) is 1. The standard InChI is InChI=1S/C30H42N6O5/c1-19(2)35(22-12-21(13-22)10-11-26(37)39-16-20-8-6-5-7-9-20)15-24-23(41-30(3,4)38)14-25(40-24)36-18-34-27-28(31)32-17-33-29(27)36/h5-9,17-19,21-25,38H,10-16H2,1-4H3,(H2,31,32,33)/t21?,22?,23-,24+,25+/m0/s1. The van der Waals surface area contributed by atoms with Crippen molar-refractivity contribution in [3.63, 3.8) is 0 Å². The van der Waals surface area contributed by atoms with E-state index >= 15 is 0 Å². The van der Waals surface area contributed by atoms with Gasteiger partial charge in [-0.15, -0.1) is 0 Å². The molecule has 1 saturated carbocycles. The minimum absolute atomic E-state index is 0.144. The van der Waals surface area contributed by atoms with Gasteiger partial charge in [-0.2, -0.15) is 0 Å². The van der Waals surface area contributed by atoms with Crippen LogP contribution in [0.5, 0.6) is 0 Å². The van der Waals surface area contributed by atoms with Crippen LogP contribution in [0.1, 0.15) is 71.6 Å². The number of nitrogen functional groups attached to an aromatic ring is 1. The fraction of sp³-hybridized carbons (Fsp3) is 0.600. The van der Waals surface area contributed by atoms with E-state index in [9.17, 15) is 9.90 Å². The molecule has 11 nitrogen and oxygen atoms in total. The van der Waals surface area contributed by atoms with Crippen LogP contribution < -0.4 is 5.73 Å². The summed E-state index contributed by atoms with van der Waals surface area (Å²) in [5.41, 5.74) is 8.13. The van der Waals surface area contributed by atoms with E-state index in [2.05, 4.69) is 33.7 Å². The van der Waals surface area contributed by atoms with Gasteiger partial charge in [0.2, 0.25) is 0 Å². The number of benzene rings is 1. The molecule has 0 unspecified atom stereocenters. The smallest absolute Gasteiger partial charge is 0.306 e. The van der Waals surface area contributed by atoms with Gasteiger partial charge in [0.25, 0.3) is 0 Å². The lowest BCUT2D eigenvalue weighted by Gasteiger charge is -2.46. The molecule has 0 bridgehead atoms. The molecule has 11 heteroatoms. The second-order valence-electron chi connectivity index (χ2n) is 12.0. The van der Waals surface area contributed by atoms with E-state index in [0.717, 1.165) is 24.8 Å². The summed E-state index contributed by atoms with van der Waals surface area (Å²) in [6, 6.07) is 10.4. The van der Waals surface area contributed by atoms with Gasteiger partial charge in [0.15, 0.2) is 17.3 Å². The van der Waals surface area contributed by atoms with Crippen molar-refractivity contribution in [3.8, 4) is 0 Å². The van der Waals surface area contributed by atoms with Gasteiger partial charge in [-0.1, -0.05) is 30.3 Å². The molecule has 0 spiro atoms. The number of hydrogen-bond donors (Lipinski definition) is 2. The maximum absolute atomic E-state index is 12.3. The topological polar surface area (TPSA) is 138 Å². The third-order valence-electron chi connectivity index (χ3n) is 8.05. The van der Waals surface area contributed by atoms with Crippen LogP contribution >= 0.6 is 0 Å². The van der Waals surface area contributed by atoms with Crippen molar-refractivity contribution in [1.82, 2.24) is 24.4 Å². The van der Waals surface area contributed by atoms with Gasteiger partial charge in [-0.25, -0.2) is 15.0 Å². The van der Waals surface area contributed by atoms with Crippen LogP contribution in [-0.2, 0) is 25.6 Å². The molecule has 1 aliphatic heterocycles. The van der Waals surface area contributed by atoms with Crippen molar-refractivity contribution in [3.05, 3.63) is 48.5 Å². The summed E-state index contributed by atoms with van der Waals surface area (Å²) in [5.74, 6) is -0.630. The predicted molar refractivity (Wildman–Crippen MR) is 153 cm³/mol. The Morgan fingerprint density at radius 2 is 1.95 bits per heavy atom. The summed E-state index contributed by atoms with van der Waals surface area (Å²) in [4.78, 5) is 27.5. The monoisotopic (exact) mass is 566 g/mol. The number of rotatable bonds is 12. The van der Waals surface area contributed by atoms with E-state index in [4.69, 9.17) is 19.9 Å². The molecule has 2 aliphatic rings. The maximum atomic E-state index is 12.3. The Kier molecular flexibility index (Phi) is 8.88. The summed E-state index contributed by atoms with van der Waals surface area (Å²) in [5, 5.41) is 10.5. The molecule has 0 radical (unpaired) electrons. The Hall–Kier alpha value is -3.12. The largest absolute Gasteiger partial charge is 0.461 e. The van der Waals surface area contributed by atoms with E-state index in [1.807, 2.05) is 34.9 Å². The second kappa shape index (κ2) is 12.4. The van der Waals surface area contributed by atoms with Gasteiger partial charge in [-0.3, -0.25) is 14.3 Å². The van der Waals surface area contributed by atoms with Crippen LogP contribution in [0.4, 0.5) is 5.82 Å². The van der Waals surface area contributed by atoms with Gasteiger partial charge >= 0.3 is 5.97 Å². The van der Waals surface area contributed by atoms with Gasteiger partial charge in [0.1, 0.15) is 24.7 Å². The Labute approximate surface area is 241 Å². The van der Waals surface area contributed by atoms with E-state index in [-0.39, 0.29) is 24.4 Å². The highest BCUT2D eigenvalue weighted by Crippen LogP contribution is 2.39. The minimum atomic E-state index is -1.30. The van der Waals surface area contributed by atoms with E-state index in [1.165, 1.54) is 6.33 Å². The van der Waals surface area contributed by atoms with Crippen molar-refractivity contribution in [2.24, 2.45) is 5.92 Å². The SMILES string of the molecule is CC(C)N(C[C@H]1O[C@@H](n2cnc3c(N)ncnc32)C[C@@H]1OC(C)(C)O)C1CC(CCC(=O)OCc2ccccc2)C1. The summed E-state index contributed by atoms with van der Waals surface area (Å²) in [6.07, 6.45) is 6.00. The van der Waals surface area contributed by atoms with Crippen molar-refractivity contribution in [1.29, 1.82) is 0 Å². The Bertz CT molecular complexity index is 1300. The van der Waals surface area contributed by atoms with Gasteiger partial charge in [0.05, 0.1) is 18.5 Å². The number of carbonyl (C=O) groups is 1. The fourth-order valence-corrected chi connectivity index (χ4v) is 5.94. The van der Waals surface area contributed by atoms with Crippen molar-refractivity contribution in [2.75, 3.05) is 12.3 Å².